The van der Waals surface area contributed by atoms with Gasteiger partial charge in [0.05, 0.1) is 5.69 Å². The Kier molecular flexibility index (Phi) is 4.03. The molecular formula is C9H6F6N2O2. The maximum absolute atomic E-state index is 12.5. The summed E-state index contributed by atoms with van der Waals surface area (Å²) in [6.45, 7) is -0.715. The molecule has 4 nitrogen and oxygen atoms in total. The van der Waals surface area contributed by atoms with E-state index in [0.717, 1.165) is 0 Å². The van der Waals surface area contributed by atoms with Crippen LogP contribution in [0.3, 0.4) is 0 Å². The Morgan fingerprint density at radius 1 is 1.26 bits per heavy atom. The lowest BCUT2D eigenvalue weighted by molar-refractivity contribution is -0.275. The van der Waals surface area contributed by atoms with E-state index in [1.807, 2.05) is 0 Å². The van der Waals surface area contributed by atoms with E-state index in [9.17, 15) is 31.1 Å². The van der Waals surface area contributed by atoms with Gasteiger partial charge in [-0.2, -0.15) is 13.2 Å². The molecule has 0 unspecified atom stereocenters. The number of aromatic nitrogens is 1. The number of rotatable bonds is 3. The number of nitrogens with zero attached hydrogens (tertiary/aromatic N) is 1. The highest BCUT2D eigenvalue weighted by atomic mass is 19.4. The Labute approximate surface area is 102 Å². The van der Waals surface area contributed by atoms with E-state index >= 15 is 0 Å². The molecule has 10 heteroatoms. The number of hydrogen-bond donors (Lipinski definition) is 1. The SMILES string of the molecule is NCc1nc(C(F)(F)F)c(C=O)cc1OC(F)(F)F. The first kappa shape index (κ1) is 15.2. The van der Waals surface area contributed by atoms with Crippen molar-refractivity contribution in [2.75, 3.05) is 0 Å². The highest BCUT2D eigenvalue weighted by Crippen LogP contribution is 2.34. The minimum atomic E-state index is -5.13. The number of ether oxygens (including phenoxy) is 1. The van der Waals surface area contributed by atoms with Crippen molar-refractivity contribution in [2.45, 2.75) is 19.1 Å². The number of pyridine rings is 1. The lowest BCUT2D eigenvalue weighted by Crippen LogP contribution is -2.21. The van der Waals surface area contributed by atoms with Crippen LogP contribution < -0.4 is 10.5 Å². The first-order chi connectivity index (χ1) is 8.58. The van der Waals surface area contributed by atoms with E-state index in [-0.39, 0.29) is 6.29 Å². The van der Waals surface area contributed by atoms with Gasteiger partial charge in [-0.05, 0) is 6.07 Å². The van der Waals surface area contributed by atoms with Gasteiger partial charge in [0.25, 0.3) is 0 Å². The van der Waals surface area contributed by atoms with Gasteiger partial charge in [0.1, 0.15) is 0 Å². The van der Waals surface area contributed by atoms with Gasteiger partial charge in [-0.3, -0.25) is 4.79 Å². The molecule has 106 valence electrons. The van der Waals surface area contributed by atoms with Crippen LogP contribution in [-0.2, 0) is 12.7 Å². The van der Waals surface area contributed by atoms with Crippen molar-refractivity contribution >= 4 is 6.29 Å². The van der Waals surface area contributed by atoms with Crippen LogP contribution in [0.15, 0.2) is 6.07 Å². The summed E-state index contributed by atoms with van der Waals surface area (Å²) in [6, 6.07) is 0.304. The molecule has 1 aromatic heterocycles. The van der Waals surface area contributed by atoms with Crippen molar-refractivity contribution in [1.82, 2.24) is 4.98 Å². The molecule has 0 aliphatic rings. The van der Waals surface area contributed by atoms with Crippen LogP contribution in [0.1, 0.15) is 21.7 Å². The van der Waals surface area contributed by atoms with E-state index in [4.69, 9.17) is 5.73 Å². The van der Waals surface area contributed by atoms with Crippen molar-refractivity contribution < 1.29 is 35.9 Å². The average Bonchev–Trinajstić information content (AvgIpc) is 2.24. The molecule has 0 saturated carbocycles. The third-order valence-electron chi connectivity index (χ3n) is 1.91. The summed E-state index contributed by atoms with van der Waals surface area (Å²) in [7, 11) is 0. The lowest BCUT2D eigenvalue weighted by Gasteiger charge is -2.15. The Morgan fingerprint density at radius 3 is 2.21 bits per heavy atom. The van der Waals surface area contributed by atoms with Crippen molar-refractivity contribution in [1.29, 1.82) is 0 Å². The molecule has 0 saturated heterocycles. The summed E-state index contributed by atoms with van der Waals surface area (Å²) in [5, 5.41) is 0. The zero-order chi connectivity index (χ0) is 14.8. The van der Waals surface area contributed by atoms with Gasteiger partial charge >= 0.3 is 12.5 Å². The van der Waals surface area contributed by atoms with Gasteiger partial charge in [0.15, 0.2) is 17.7 Å². The fourth-order valence-corrected chi connectivity index (χ4v) is 1.22. The lowest BCUT2D eigenvalue weighted by atomic mass is 10.1. The summed E-state index contributed by atoms with van der Waals surface area (Å²) in [5.74, 6) is -1.04. The normalized spacial score (nSPS) is 12.4. The van der Waals surface area contributed by atoms with Crippen LogP contribution in [0.4, 0.5) is 26.3 Å². The Balaban J connectivity index is 3.40. The third kappa shape index (κ3) is 3.81. The highest BCUT2D eigenvalue weighted by molar-refractivity contribution is 5.77. The third-order valence-corrected chi connectivity index (χ3v) is 1.91. The molecule has 0 amide bonds. The van der Waals surface area contributed by atoms with Gasteiger partial charge < -0.3 is 10.5 Å². The van der Waals surface area contributed by atoms with Gasteiger partial charge in [-0.1, -0.05) is 0 Å². The largest absolute Gasteiger partial charge is 0.573 e. The Morgan fingerprint density at radius 2 is 1.84 bits per heavy atom. The molecule has 2 N–H and O–H groups in total. The minimum absolute atomic E-state index is 0.265. The van der Waals surface area contributed by atoms with Crippen molar-refractivity contribution in [2.24, 2.45) is 5.73 Å². The van der Waals surface area contributed by atoms with E-state index in [1.54, 1.807) is 0 Å². The Hall–Kier alpha value is -1.84. The molecule has 1 rings (SSSR count). The van der Waals surface area contributed by atoms with Crippen LogP contribution in [0.25, 0.3) is 0 Å². The molecule has 0 spiro atoms. The highest BCUT2D eigenvalue weighted by Gasteiger charge is 2.38. The maximum Gasteiger partial charge on any atom is 0.573 e. The average molecular weight is 288 g/mol. The second kappa shape index (κ2) is 5.03. The van der Waals surface area contributed by atoms with Gasteiger partial charge in [-0.15, -0.1) is 13.2 Å². The first-order valence-electron chi connectivity index (χ1n) is 4.60. The summed E-state index contributed by atoms with van der Waals surface area (Å²) >= 11 is 0. The fraction of sp³-hybridized carbons (Fsp3) is 0.333. The van der Waals surface area contributed by atoms with Crippen LogP contribution in [0, 0.1) is 0 Å². The molecular weight excluding hydrogens is 282 g/mol. The predicted octanol–water partition coefficient (Wildman–Crippen LogP) is 2.27. The quantitative estimate of drug-likeness (QED) is 0.684. The summed E-state index contributed by atoms with van der Waals surface area (Å²) in [6.07, 6.45) is -10.4. The molecule has 1 aromatic rings. The molecule has 0 aliphatic heterocycles. The molecule has 19 heavy (non-hydrogen) atoms. The van der Waals surface area contributed by atoms with Gasteiger partial charge in [-0.25, -0.2) is 4.98 Å². The van der Waals surface area contributed by atoms with E-state index in [0.29, 0.717) is 6.07 Å². The number of nitrogens with two attached hydrogens (primary N) is 1. The van der Waals surface area contributed by atoms with Crippen LogP contribution in [-0.4, -0.2) is 17.6 Å². The minimum Gasteiger partial charge on any atom is -0.404 e. The summed E-state index contributed by atoms with van der Waals surface area (Å²) in [5.41, 5.74) is 1.57. The molecule has 0 radical (unpaired) electrons. The number of carbonyl (C=O) groups excluding carboxylic acids is 1. The molecule has 0 bridgehead atoms. The molecule has 1 heterocycles. The second-order valence-electron chi connectivity index (χ2n) is 3.24. The number of carbonyl (C=O) groups is 1. The van der Waals surface area contributed by atoms with Crippen LogP contribution in [0.5, 0.6) is 5.75 Å². The second-order valence-corrected chi connectivity index (χ2v) is 3.24. The number of aldehydes is 1. The van der Waals surface area contributed by atoms with Gasteiger partial charge in [0.2, 0.25) is 0 Å². The van der Waals surface area contributed by atoms with E-state index < -0.39 is 41.8 Å². The smallest absolute Gasteiger partial charge is 0.404 e. The van der Waals surface area contributed by atoms with Crippen molar-refractivity contribution in [3.05, 3.63) is 23.0 Å². The maximum atomic E-state index is 12.5. The number of halogens is 6. The summed E-state index contributed by atoms with van der Waals surface area (Å²) in [4.78, 5) is 13.4. The molecule has 0 atom stereocenters. The zero-order valence-electron chi connectivity index (χ0n) is 8.97. The summed E-state index contributed by atoms with van der Waals surface area (Å²) < 4.78 is 77.0. The van der Waals surface area contributed by atoms with Crippen LogP contribution >= 0.6 is 0 Å². The van der Waals surface area contributed by atoms with Crippen LogP contribution in [0.2, 0.25) is 0 Å². The molecule has 0 aromatic carbocycles. The topological polar surface area (TPSA) is 65.2 Å². The first-order valence-corrected chi connectivity index (χ1v) is 4.60. The van der Waals surface area contributed by atoms with Gasteiger partial charge in [0, 0.05) is 12.1 Å². The van der Waals surface area contributed by atoms with E-state index in [1.165, 1.54) is 0 Å². The standard InChI is InChI=1S/C9H6F6N2O2/c10-8(11,12)7-4(3-18)1-6(5(2-16)17-7)19-9(13,14)15/h1,3H,2,16H2. The number of hydrogen-bond acceptors (Lipinski definition) is 4. The fourth-order valence-electron chi connectivity index (χ4n) is 1.22. The number of alkyl halides is 6. The van der Waals surface area contributed by atoms with E-state index in [2.05, 4.69) is 9.72 Å². The molecule has 0 aliphatic carbocycles. The van der Waals surface area contributed by atoms with Crippen molar-refractivity contribution in [3.8, 4) is 5.75 Å². The zero-order valence-corrected chi connectivity index (χ0v) is 8.97. The predicted molar refractivity (Wildman–Crippen MR) is 49.2 cm³/mol. The van der Waals surface area contributed by atoms with Crippen molar-refractivity contribution in [3.63, 3.8) is 0 Å². The Bertz CT molecular complexity index is 483. The molecule has 0 fully saturated rings. The monoisotopic (exact) mass is 288 g/mol.